The number of nitrogens with one attached hydrogen (secondary N) is 1. The normalized spacial score (nSPS) is 17.3. The fourth-order valence-electron chi connectivity index (χ4n) is 4.03. The number of halogens is 1. The van der Waals surface area contributed by atoms with Crippen molar-refractivity contribution < 1.29 is 18.8 Å². The van der Waals surface area contributed by atoms with E-state index in [1.54, 1.807) is 18.2 Å². The second-order valence-corrected chi connectivity index (χ2v) is 7.85. The number of nitro groups is 1. The van der Waals surface area contributed by atoms with E-state index in [0.717, 1.165) is 0 Å². The van der Waals surface area contributed by atoms with Gasteiger partial charge in [0.2, 0.25) is 11.7 Å². The molecule has 0 unspecified atom stereocenters. The third-order valence-electron chi connectivity index (χ3n) is 5.84. The molecular weight excluding hydrogens is 419 g/mol. The Balaban J connectivity index is 1.53. The number of anilines is 4. The Labute approximate surface area is 184 Å². The smallest absolute Gasteiger partial charge is 0.311 e. The van der Waals surface area contributed by atoms with Crippen LogP contribution in [0.15, 0.2) is 30.3 Å². The molecular formula is C21H25FN6O4. The molecule has 2 aromatic rings. The number of carbonyl (C=O) groups excluding carboxylic acids is 1. The summed E-state index contributed by atoms with van der Waals surface area (Å²) in [6.07, 6.45) is 1.17. The van der Waals surface area contributed by atoms with Gasteiger partial charge in [0, 0.05) is 43.9 Å². The minimum atomic E-state index is -0.522. The van der Waals surface area contributed by atoms with Crippen LogP contribution >= 0.6 is 0 Å². The Hall–Kier alpha value is -3.47. The summed E-state index contributed by atoms with van der Waals surface area (Å²) in [5.74, 6) is -0.317. The Morgan fingerprint density at radius 3 is 2.50 bits per heavy atom. The summed E-state index contributed by atoms with van der Waals surface area (Å²) in [5, 5.41) is 14.4. The quantitative estimate of drug-likeness (QED) is 0.514. The molecule has 4 rings (SSSR count). The zero-order valence-electron chi connectivity index (χ0n) is 17.5. The van der Waals surface area contributed by atoms with E-state index in [1.807, 2.05) is 9.80 Å². The van der Waals surface area contributed by atoms with Crippen molar-refractivity contribution in [2.24, 2.45) is 11.7 Å². The van der Waals surface area contributed by atoms with Crippen LogP contribution in [0.25, 0.3) is 0 Å². The van der Waals surface area contributed by atoms with Gasteiger partial charge in [-0.15, -0.1) is 0 Å². The molecule has 11 heteroatoms. The molecule has 2 fully saturated rings. The number of rotatable bonds is 6. The van der Waals surface area contributed by atoms with E-state index >= 15 is 0 Å². The Bertz CT molecular complexity index is 1010. The molecule has 1 amide bonds. The van der Waals surface area contributed by atoms with Gasteiger partial charge in [-0.1, -0.05) is 0 Å². The van der Waals surface area contributed by atoms with Gasteiger partial charge in [-0.2, -0.15) is 0 Å². The van der Waals surface area contributed by atoms with E-state index in [-0.39, 0.29) is 23.3 Å². The number of piperidine rings is 1. The number of morpholine rings is 1. The number of amides is 1. The van der Waals surface area contributed by atoms with Gasteiger partial charge < -0.3 is 25.6 Å². The first kappa shape index (κ1) is 21.8. The maximum Gasteiger partial charge on any atom is 0.311 e. The minimum Gasteiger partial charge on any atom is -0.378 e. The molecule has 3 heterocycles. The predicted octanol–water partition coefficient (Wildman–Crippen LogP) is 2.41. The molecule has 0 aliphatic carbocycles. The Kier molecular flexibility index (Phi) is 6.35. The minimum absolute atomic E-state index is 0.0495. The van der Waals surface area contributed by atoms with Crippen LogP contribution in [0.1, 0.15) is 12.8 Å². The van der Waals surface area contributed by atoms with Crippen LogP contribution in [-0.4, -0.2) is 55.2 Å². The lowest BCUT2D eigenvalue weighted by Crippen LogP contribution is -2.38. The number of carbonyl (C=O) groups is 1. The third kappa shape index (κ3) is 4.72. The number of nitrogens with zero attached hydrogens (tertiary/aromatic N) is 4. The van der Waals surface area contributed by atoms with Gasteiger partial charge in [-0.3, -0.25) is 14.9 Å². The van der Waals surface area contributed by atoms with Crippen molar-refractivity contribution in [2.75, 3.05) is 54.5 Å². The van der Waals surface area contributed by atoms with Gasteiger partial charge in [0.1, 0.15) is 11.6 Å². The van der Waals surface area contributed by atoms with Gasteiger partial charge in [0.05, 0.1) is 23.8 Å². The third-order valence-corrected chi connectivity index (χ3v) is 5.84. The van der Waals surface area contributed by atoms with Crippen LogP contribution in [-0.2, 0) is 9.53 Å². The lowest BCUT2D eigenvalue weighted by atomic mass is 9.96. The molecule has 1 aromatic heterocycles. The fraction of sp³-hybridized carbons (Fsp3) is 0.429. The number of benzene rings is 1. The zero-order valence-corrected chi connectivity index (χ0v) is 17.5. The summed E-state index contributed by atoms with van der Waals surface area (Å²) in [6.45, 7) is 3.47. The molecule has 2 saturated heterocycles. The molecule has 0 bridgehead atoms. The average Bonchev–Trinajstić information content (AvgIpc) is 2.79. The highest BCUT2D eigenvalue weighted by molar-refractivity contribution is 5.77. The maximum atomic E-state index is 14.9. The van der Waals surface area contributed by atoms with E-state index in [1.165, 1.54) is 12.1 Å². The Morgan fingerprint density at radius 1 is 1.16 bits per heavy atom. The van der Waals surface area contributed by atoms with Crippen molar-refractivity contribution in [2.45, 2.75) is 12.8 Å². The average molecular weight is 444 g/mol. The maximum absolute atomic E-state index is 14.9. The van der Waals surface area contributed by atoms with Crippen molar-refractivity contribution in [1.82, 2.24) is 4.98 Å². The van der Waals surface area contributed by atoms with Crippen molar-refractivity contribution in [3.8, 4) is 0 Å². The summed E-state index contributed by atoms with van der Waals surface area (Å²) in [5.41, 5.74) is 5.94. The number of hydrogen-bond donors (Lipinski definition) is 2. The predicted molar refractivity (Wildman–Crippen MR) is 118 cm³/mol. The van der Waals surface area contributed by atoms with Crippen LogP contribution in [0, 0.1) is 21.8 Å². The Morgan fingerprint density at radius 2 is 1.88 bits per heavy atom. The van der Waals surface area contributed by atoms with Gasteiger partial charge in [0.25, 0.3) is 0 Å². The molecule has 0 radical (unpaired) electrons. The van der Waals surface area contributed by atoms with Gasteiger partial charge in [0.15, 0.2) is 0 Å². The van der Waals surface area contributed by atoms with E-state index < -0.39 is 10.7 Å². The molecule has 0 spiro atoms. The van der Waals surface area contributed by atoms with Crippen LogP contribution < -0.4 is 20.9 Å². The van der Waals surface area contributed by atoms with E-state index in [2.05, 4.69) is 10.3 Å². The first-order valence-electron chi connectivity index (χ1n) is 10.5. The molecule has 1 aromatic carbocycles. The lowest BCUT2D eigenvalue weighted by molar-refractivity contribution is -0.384. The number of hydrogen-bond acceptors (Lipinski definition) is 8. The summed E-state index contributed by atoms with van der Waals surface area (Å²) < 4.78 is 20.2. The van der Waals surface area contributed by atoms with E-state index in [9.17, 15) is 19.3 Å². The number of primary amides is 1. The standard InChI is InChI=1S/C21H25FN6O4/c22-16-13-15(1-2-17(16)26-7-5-14(6-8-26)20(23)29)24-21-18(28(30)31)3-4-19(25-21)27-9-11-32-12-10-27/h1-4,13-14H,5-12H2,(H2,23,29)(H,24,25). The molecule has 2 aliphatic rings. The number of nitrogens with two attached hydrogens (primary N) is 1. The molecule has 170 valence electrons. The number of ether oxygens (including phenoxy) is 1. The van der Waals surface area contributed by atoms with Gasteiger partial charge in [-0.25, -0.2) is 9.37 Å². The first-order chi connectivity index (χ1) is 15.4. The summed E-state index contributed by atoms with van der Waals surface area (Å²) in [7, 11) is 0. The molecule has 0 atom stereocenters. The summed E-state index contributed by atoms with van der Waals surface area (Å²) in [6, 6.07) is 7.58. The topological polar surface area (TPSA) is 127 Å². The van der Waals surface area contributed by atoms with E-state index in [4.69, 9.17) is 10.5 Å². The lowest BCUT2D eigenvalue weighted by Gasteiger charge is -2.32. The summed E-state index contributed by atoms with van der Waals surface area (Å²) >= 11 is 0. The van der Waals surface area contributed by atoms with Crippen LogP contribution in [0.4, 0.5) is 33.1 Å². The van der Waals surface area contributed by atoms with Crippen molar-refractivity contribution in [3.05, 3.63) is 46.3 Å². The zero-order chi connectivity index (χ0) is 22.7. The SMILES string of the molecule is NC(=O)C1CCN(c2ccc(Nc3nc(N4CCOCC4)ccc3[N+](=O)[O-])cc2F)CC1. The van der Waals surface area contributed by atoms with E-state index in [0.29, 0.717) is 69.4 Å². The number of aromatic nitrogens is 1. The van der Waals surface area contributed by atoms with Gasteiger partial charge in [-0.05, 0) is 37.1 Å². The van der Waals surface area contributed by atoms with Crippen LogP contribution in [0.2, 0.25) is 0 Å². The van der Waals surface area contributed by atoms with Gasteiger partial charge >= 0.3 is 5.69 Å². The van der Waals surface area contributed by atoms with Crippen LogP contribution in [0.3, 0.4) is 0 Å². The van der Waals surface area contributed by atoms with Crippen LogP contribution in [0.5, 0.6) is 0 Å². The second-order valence-electron chi connectivity index (χ2n) is 7.85. The first-order valence-corrected chi connectivity index (χ1v) is 10.5. The van der Waals surface area contributed by atoms with Crippen molar-refractivity contribution >= 4 is 34.6 Å². The highest BCUT2D eigenvalue weighted by Gasteiger charge is 2.25. The fourth-order valence-corrected chi connectivity index (χ4v) is 4.03. The molecule has 0 saturated carbocycles. The summed E-state index contributed by atoms with van der Waals surface area (Å²) in [4.78, 5) is 30.6. The molecule has 3 N–H and O–H groups in total. The largest absolute Gasteiger partial charge is 0.378 e. The molecule has 2 aliphatic heterocycles. The highest BCUT2D eigenvalue weighted by Crippen LogP contribution is 2.32. The number of pyridine rings is 1. The monoisotopic (exact) mass is 444 g/mol. The van der Waals surface area contributed by atoms with Crippen molar-refractivity contribution in [3.63, 3.8) is 0 Å². The highest BCUT2D eigenvalue weighted by atomic mass is 19.1. The molecule has 10 nitrogen and oxygen atoms in total. The molecule has 32 heavy (non-hydrogen) atoms. The van der Waals surface area contributed by atoms with Crippen molar-refractivity contribution in [1.29, 1.82) is 0 Å². The second kappa shape index (κ2) is 9.35.